The number of nitrogens with zero attached hydrogens (tertiary/aromatic N) is 1. The van der Waals surface area contributed by atoms with Crippen molar-refractivity contribution in [1.29, 1.82) is 0 Å². The number of halogens is 1. The molecule has 5 rings (SSSR count). The Labute approximate surface area is 271 Å². The van der Waals surface area contributed by atoms with Gasteiger partial charge in [0.1, 0.15) is 11.5 Å². The Morgan fingerprint density at radius 2 is 1.66 bits per heavy atom. The van der Waals surface area contributed by atoms with Crippen LogP contribution in [0.1, 0.15) is 114 Å². The number of fused-ring (bicyclic) bond motifs is 2. The fourth-order valence-corrected chi connectivity index (χ4v) is 6.78. The number of carbonyl (C=O) groups excluding carboxylic acids is 2. The Bertz CT molecular complexity index is 1520. The van der Waals surface area contributed by atoms with E-state index < -0.39 is 5.41 Å². The summed E-state index contributed by atoms with van der Waals surface area (Å²) in [5.41, 5.74) is 5.66. The molecule has 0 saturated heterocycles. The van der Waals surface area contributed by atoms with Gasteiger partial charge in [-0.25, -0.2) is 0 Å². The summed E-state index contributed by atoms with van der Waals surface area (Å²) in [7, 11) is 0. The molecule has 1 atom stereocenters. The van der Waals surface area contributed by atoms with E-state index in [0.717, 1.165) is 88.7 Å². The van der Waals surface area contributed by atoms with Gasteiger partial charge in [-0.1, -0.05) is 63.4 Å². The first-order valence-electron chi connectivity index (χ1n) is 16.3. The SMILES string of the molecule is CCCCCCN(CCOCCC)C(=O)c1ccc(C2(C)c3ccc(C)cc3Oc3c2ccc(C)c3Br)c(C(=O)C2CC2)c1. The Morgan fingerprint density at radius 3 is 2.39 bits per heavy atom. The molecule has 0 aromatic heterocycles. The molecule has 0 N–H and O–H groups in total. The molecule has 3 aromatic carbocycles. The van der Waals surface area contributed by atoms with E-state index in [1.807, 2.05) is 23.1 Å². The number of ketones is 1. The van der Waals surface area contributed by atoms with E-state index in [1.54, 1.807) is 0 Å². The second-order valence-electron chi connectivity index (χ2n) is 12.7. The third kappa shape index (κ3) is 6.53. The molecule has 1 amide bonds. The average molecular weight is 661 g/mol. The van der Waals surface area contributed by atoms with Gasteiger partial charge in [0.15, 0.2) is 5.78 Å². The predicted octanol–water partition coefficient (Wildman–Crippen LogP) is 9.57. The summed E-state index contributed by atoms with van der Waals surface area (Å²) in [6.07, 6.45) is 7.09. The summed E-state index contributed by atoms with van der Waals surface area (Å²) in [5.74, 6) is 1.67. The van der Waals surface area contributed by atoms with Crippen LogP contribution in [0.4, 0.5) is 0 Å². The van der Waals surface area contributed by atoms with Crippen molar-refractivity contribution >= 4 is 27.6 Å². The Morgan fingerprint density at radius 1 is 0.909 bits per heavy atom. The fourth-order valence-electron chi connectivity index (χ4n) is 6.35. The van der Waals surface area contributed by atoms with E-state index in [0.29, 0.717) is 37.4 Å². The molecule has 0 radical (unpaired) electrons. The van der Waals surface area contributed by atoms with Gasteiger partial charge in [-0.15, -0.1) is 0 Å². The Kier molecular flexibility index (Phi) is 10.3. The van der Waals surface area contributed by atoms with E-state index in [2.05, 4.69) is 80.9 Å². The summed E-state index contributed by atoms with van der Waals surface area (Å²) in [5, 5.41) is 0. The van der Waals surface area contributed by atoms with Crippen molar-refractivity contribution in [1.82, 2.24) is 4.90 Å². The van der Waals surface area contributed by atoms with Gasteiger partial charge in [-0.2, -0.15) is 0 Å². The van der Waals surface area contributed by atoms with Gasteiger partial charge >= 0.3 is 0 Å². The van der Waals surface area contributed by atoms with Crippen LogP contribution in [0.15, 0.2) is 53.0 Å². The monoisotopic (exact) mass is 659 g/mol. The molecule has 3 aromatic rings. The standard InChI is InChI=1S/C38H46BrNO4/c1-6-8-9-10-19-40(20-22-43-21-7-2)37(42)28-15-18-30(29(24-28)35(41)27-13-14-27)38(5)31-16-11-25(3)23-33(31)44-36-32(38)17-12-26(4)34(36)39/h11-12,15-18,23-24,27H,6-10,13-14,19-22H2,1-5H3. The number of Topliss-reactive ketones (excluding diaryl/α,β-unsaturated/α-hetero) is 1. The smallest absolute Gasteiger partial charge is 0.253 e. The molecule has 1 aliphatic heterocycles. The molecule has 6 heteroatoms. The van der Waals surface area contributed by atoms with Crippen molar-refractivity contribution in [2.75, 3.05) is 26.3 Å². The number of hydrogen-bond acceptors (Lipinski definition) is 4. The molecule has 1 fully saturated rings. The summed E-state index contributed by atoms with van der Waals surface area (Å²) < 4.78 is 13.2. The average Bonchev–Trinajstić information content (AvgIpc) is 3.87. The highest BCUT2D eigenvalue weighted by molar-refractivity contribution is 9.10. The molecule has 44 heavy (non-hydrogen) atoms. The van der Waals surface area contributed by atoms with Crippen LogP contribution in [-0.2, 0) is 10.2 Å². The van der Waals surface area contributed by atoms with Gasteiger partial charge in [0.25, 0.3) is 5.91 Å². The number of unbranched alkanes of at least 4 members (excludes halogenated alkanes) is 3. The molecule has 1 aliphatic carbocycles. The quantitative estimate of drug-likeness (QED) is 0.128. The predicted molar refractivity (Wildman–Crippen MR) is 180 cm³/mol. The van der Waals surface area contributed by atoms with Crippen molar-refractivity contribution in [3.63, 3.8) is 0 Å². The molecule has 0 spiro atoms. The summed E-state index contributed by atoms with van der Waals surface area (Å²) in [4.78, 5) is 30.0. The minimum Gasteiger partial charge on any atom is -0.455 e. The van der Waals surface area contributed by atoms with Crippen molar-refractivity contribution < 1.29 is 19.1 Å². The van der Waals surface area contributed by atoms with Gasteiger partial charge in [-0.3, -0.25) is 9.59 Å². The number of carbonyl (C=O) groups is 2. The zero-order valence-electron chi connectivity index (χ0n) is 26.9. The lowest BCUT2D eigenvalue weighted by atomic mass is 9.67. The van der Waals surface area contributed by atoms with Crippen LogP contribution in [0.2, 0.25) is 0 Å². The Balaban J connectivity index is 1.60. The van der Waals surface area contributed by atoms with Gasteiger partial charge in [0.2, 0.25) is 0 Å². The number of benzene rings is 3. The summed E-state index contributed by atoms with van der Waals surface area (Å²) in [6.45, 7) is 13.0. The first-order valence-corrected chi connectivity index (χ1v) is 17.1. The molecule has 2 aliphatic rings. The minimum absolute atomic E-state index is 0.0110. The lowest BCUT2D eigenvalue weighted by Gasteiger charge is -2.40. The molecule has 0 bridgehead atoms. The molecule has 234 valence electrons. The second kappa shape index (κ2) is 14.0. The summed E-state index contributed by atoms with van der Waals surface area (Å²) in [6, 6.07) is 16.3. The van der Waals surface area contributed by atoms with Crippen LogP contribution in [0, 0.1) is 19.8 Å². The zero-order valence-corrected chi connectivity index (χ0v) is 28.5. The van der Waals surface area contributed by atoms with Gasteiger partial charge in [0, 0.05) is 47.9 Å². The maximum Gasteiger partial charge on any atom is 0.253 e. The number of rotatable bonds is 14. The van der Waals surface area contributed by atoms with Crippen molar-refractivity contribution in [2.24, 2.45) is 5.92 Å². The van der Waals surface area contributed by atoms with Gasteiger partial charge in [-0.05, 0) is 97.3 Å². The van der Waals surface area contributed by atoms with Crippen molar-refractivity contribution in [2.45, 2.75) is 85.0 Å². The Hall–Kier alpha value is -2.96. The zero-order chi connectivity index (χ0) is 31.4. The van der Waals surface area contributed by atoms with Gasteiger partial charge < -0.3 is 14.4 Å². The maximum atomic E-state index is 14.1. The van der Waals surface area contributed by atoms with Crippen LogP contribution in [0.5, 0.6) is 11.5 Å². The van der Waals surface area contributed by atoms with E-state index in [1.165, 1.54) is 0 Å². The van der Waals surface area contributed by atoms with Crippen LogP contribution in [0.3, 0.4) is 0 Å². The molecule has 1 heterocycles. The highest BCUT2D eigenvalue weighted by Gasteiger charge is 2.44. The lowest BCUT2D eigenvalue weighted by molar-refractivity contribution is 0.0639. The van der Waals surface area contributed by atoms with Crippen LogP contribution < -0.4 is 4.74 Å². The molecule has 1 unspecified atom stereocenters. The van der Waals surface area contributed by atoms with E-state index in [4.69, 9.17) is 9.47 Å². The highest BCUT2D eigenvalue weighted by atomic mass is 79.9. The van der Waals surface area contributed by atoms with E-state index in [-0.39, 0.29) is 17.6 Å². The lowest BCUT2D eigenvalue weighted by Crippen LogP contribution is -2.36. The van der Waals surface area contributed by atoms with Crippen molar-refractivity contribution in [3.05, 3.63) is 91.9 Å². The molecular weight excluding hydrogens is 614 g/mol. The normalized spacial score (nSPS) is 17.0. The topological polar surface area (TPSA) is 55.8 Å². The third-order valence-corrected chi connectivity index (χ3v) is 10.1. The van der Waals surface area contributed by atoms with Crippen LogP contribution in [0.25, 0.3) is 0 Å². The largest absolute Gasteiger partial charge is 0.455 e. The minimum atomic E-state index is -0.665. The third-order valence-electron chi connectivity index (χ3n) is 9.16. The fraction of sp³-hybridized carbons (Fsp3) is 0.474. The molecule has 1 saturated carbocycles. The van der Waals surface area contributed by atoms with Crippen LogP contribution in [-0.4, -0.2) is 42.9 Å². The van der Waals surface area contributed by atoms with E-state index in [9.17, 15) is 9.59 Å². The van der Waals surface area contributed by atoms with Crippen LogP contribution >= 0.6 is 15.9 Å². The van der Waals surface area contributed by atoms with Crippen molar-refractivity contribution in [3.8, 4) is 11.5 Å². The maximum absolute atomic E-state index is 14.1. The highest BCUT2D eigenvalue weighted by Crippen LogP contribution is 2.55. The first-order chi connectivity index (χ1) is 21.2. The summed E-state index contributed by atoms with van der Waals surface area (Å²) >= 11 is 3.80. The second-order valence-corrected chi connectivity index (χ2v) is 13.5. The number of amides is 1. The number of hydrogen-bond donors (Lipinski definition) is 0. The number of aryl methyl sites for hydroxylation is 2. The van der Waals surface area contributed by atoms with Gasteiger partial charge in [0.05, 0.1) is 16.5 Å². The van der Waals surface area contributed by atoms with E-state index >= 15 is 0 Å². The molecule has 5 nitrogen and oxygen atoms in total. The number of ether oxygens (including phenoxy) is 2. The first kappa shape index (κ1) is 32.4. The molecular formula is C38H46BrNO4.